The van der Waals surface area contributed by atoms with Gasteiger partial charge in [0.05, 0.1) is 6.04 Å². The van der Waals surface area contributed by atoms with Gasteiger partial charge in [-0.1, -0.05) is 6.07 Å². The summed E-state index contributed by atoms with van der Waals surface area (Å²) in [6.45, 7) is 5.01. The molecule has 1 aliphatic heterocycles. The van der Waals surface area contributed by atoms with E-state index >= 15 is 0 Å². The highest BCUT2D eigenvalue weighted by molar-refractivity contribution is 7.10. The Bertz CT molecular complexity index is 403. The van der Waals surface area contributed by atoms with Gasteiger partial charge in [-0.3, -0.25) is 9.69 Å². The Morgan fingerprint density at radius 1 is 1.45 bits per heavy atom. The molecule has 1 amide bonds. The Morgan fingerprint density at radius 2 is 2.20 bits per heavy atom. The van der Waals surface area contributed by atoms with Crippen molar-refractivity contribution in [2.24, 2.45) is 0 Å². The summed E-state index contributed by atoms with van der Waals surface area (Å²) in [6.07, 6.45) is 0. The third kappa shape index (κ3) is 4.28. The minimum absolute atomic E-state index is 0.0526. The third-order valence-corrected chi connectivity index (χ3v) is 4.59. The second kappa shape index (κ2) is 7.73. The summed E-state index contributed by atoms with van der Waals surface area (Å²) in [6, 6.07) is 4.49. The average Bonchev–Trinajstić information content (AvgIpc) is 2.95. The van der Waals surface area contributed by atoms with Crippen molar-refractivity contribution in [3.63, 3.8) is 0 Å². The van der Waals surface area contributed by atoms with Crippen molar-refractivity contribution >= 4 is 17.2 Å². The molecule has 1 atom stereocenters. The van der Waals surface area contributed by atoms with E-state index in [2.05, 4.69) is 39.7 Å². The number of ether oxygens (including phenoxy) is 1. The number of thiophene rings is 1. The Hall–Kier alpha value is -0.950. The number of amides is 1. The van der Waals surface area contributed by atoms with E-state index in [0.717, 1.165) is 26.2 Å². The molecule has 2 rings (SSSR count). The van der Waals surface area contributed by atoms with Crippen molar-refractivity contribution in [2.45, 2.75) is 6.04 Å². The van der Waals surface area contributed by atoms with Crippen LogP contribution in [0.25, 0.3) is 0 Å². The molecule has 0 aliphatic carbocycles. The third-order valence-electron chi connectivity index (χ3n) is 3.62. The molecular formula is C14H23N3O2S. The summed E-state index contributed by atoms with van der Waals surface area (Å²) in [7, 11) is 3.69. The number of carbonyl (C=O) groups excluding carboxylic acids is 1. The fourth-order valence-electron chi connectivity index (χ4n) is 2.42. The molecule has 5 nitrogen and oxygen atoms in total. The van der Waals surface area contributed by atoms with Crippen LogP contribution >= 0.6 is 11.3 Å². The van der Waals surface area contributed by atoms with E-state index in [1.807, 2.05) is 0 Å². The van der Waals surface area contributed by atoms with Gasteiger partial charge in [-0.15, -0.1) is 11.3 Å². The standard InChI is InChI=1S/C14H23N3O2S/c1-16-5-7-17(8-6-16)12(13-4-3-9-20-13)10-15-14(18)11-19-2/h3-4,9,12H,5-8,10-11H2,1-2H3,(H,15,18)/t12-/m0/s1. The Labute approximate surface area is 124 Å². The lowest BCUT2D eigenvalue weighted by molar-refractivity contribution is -0.125. The van der Waals surface area contributed by atoms with Gasteiger partial charge in [0.2, 0.25) is 5.91 Å². The smallest absolute Gasteiger partial charge is 0.246 e. The zero-order valence-electron chi connectivity index (χ0n) is 12.2. The summed E-state index contributed by atoms with van der Waals surface area (Å²) in [5.74, 6) is -0.0526. The second-order valence-corrected chi connectivity index (χ2v) is 6.09. The number of methoxy groups -OCH3 is 1. The molecule has 0 aromatic carbocycles. The van der Waals surface area contributed by atoms with Crippen molar-refractivity contribution < 1.29 is 9.53 Å². The fraction of sp³-hybridized carbons (Fsp3) is 0.643. The van der Waals surface area contributed by atoms with Crippen LogP contribution in [0.3, 0.4) is 0 Å². The zero-order chi connectivity index (χ0) is 14.4. The van der Waals surface area contributed by atoms with Crippen molar-refractivity contribution in [3.8, 4) is 0 Å². The highest BCUT2D eigenvalue weighted by atomic mass is 32.1. The van der Waals surface area contributed by atoms with Crippen LogP contribution in [-0.2, 0) is 9.53 Å². The maximum atomic E-state index is 11.6. The van der Waals surface area contributed by atoms with Crippen LogP contribution < -0.4 is 5.32 Å². The lowest BCUT2D eigenvalue weighted by Gasteiger charge is -2.37. The first-order chi connectivity index (χ1) is 9.70. The number of hydrogen-bond donors (Lipinski definition) is 1. The maximum absolute atomic E-state index is 11.6. The van der Waals surface area contributed by atoms with Gasteiger partial charge in [0, 0.05) is 44.7 Å². The molecule has 2 heterocycles. The molecule has 0 unspecified atom stereocenters. The summed E-state index contributed by atoms with van der Waals surface area (Å²) < 4.78 is 4.86. The first-order valence-corrected chi connectivity index (χ1v) is 7.80. The van der Waals surface area contributed by atoms with Crippen LogP contribution in [0.5, 0.6) is 0 Å². The van der Waals surface area contributed by atoms with E-state index in [9.17, 15) is 4.79 Å². The van der Waals surface area contributed by atoms with Crippen LogP contribution in [0.4, 0.5) is 0 Å². The Morgan fingerprint density at radius 3 is 2.80 bits per heavy atom. The van der Waals surface area contributed by atoms with Gasteiger partial charge in [-0.05, 0) is 18.5 Å². The monoisotopic (exact) mass is 297 g/mol. The molecular weight excluding hydrogens is 274 g/mol. The molecule has 0 saturated carbocycles. The highest BCUT2D eigenvalue weighted by Gasteiger charge is 2.24. The van der Waals surface area contributed by atoms with E-state index in [1.165, 1.54) is 12.0 Å². The van der Waals surface area contributed by atoms with Gasteiger partial charge in [-0.25, -0.2) is 0 Å². The van der Waals surface area contributed by atoms with E-state index < -0.39 is 0 Å². The van der Waals surface area contributed by atoms with E-state index in [4.69, 9.17) is 4.74 Å². The number of carbonyl (C=O) groups is 1. The molecule has 1 aromatic rings. The largest absolute Gasteiger partial charge is 0.375 e. The van der Waals surface area contributed by atoms with Gasteiger partial charge < -0.3 is 15.0 Å². The summed E-state index contributed by atoms with van der Waals surface area (Å²) in [4.78, 5) is 17.7. The fourth-order valence-corrected chi connectivity index (χ4v) is 3.28. The zero-order valence-corrected chi connectivity index (χ0v) is 13.0. The lowest BCUT2D eigenvalue weighted by Crippen LogP contribution is -2.48. The maximum Gasteiger partial charge on any atom is 0.246 e. The average molecular weight is 297 g/mol. The number of likely N-dealkylation sites (N-methyl/N-ethyl adjacent to an activating group) is 1. The number of hydrogen-bond acceptors (Lipinski definition) is 5. The molecule has 6 heteroatoms. The highest BCUT2D eigenvalue weighted by Crippen LogP contribution is 2.25. The lowest BCUT2D eigenvalue weighted by atomic mass is 10.1. The van der Waals surface area contributed by atoms with Crippen LogP contribution in [0.15, 0.2) is 17.5 Å². The van der Waals surface area contributed by atoms with E-state index in [-0.39, 0.29) is 18.6 Å². The molecule has 0 bridgehead atoms. The van der Waals surface area contributed by atoms with Crippen LogP contribution in [-0.4, -0.2) is 69.2 Å². The van der Waals surface area contributed by atoms with Crippen molar-refractivity contribution in [3.05, 3.63) is 22.4 Å². The number of rotatable bonds is 6. The summed E-state index contributed by atoms with van der Waals surface area (Å²) in [5, 5.41) is 5.06. The summed E-state index contributed by atoms with van der Waals surface area (Å²) in [5.41, 5.74) is 0. The van der Waals surface area contributed by atoms with Crippen LogP contribution in [0, 0.1) is 0 Å². The molecule has 1 fully saturated rings. The topological polar surface area (TPSA) is 44.8 Å². The van der Waals surface area contributed by atoms with Crippen molar-refractivity contribution in [1.82, 2.24) is 15.1 Å². The Balaban J connectivity index is 1.96. The first-order valence-electron chi connectivity index (χ1n) is 6.92. The molecule has 20 heavy (non-hydrogen) atoms. The molecule has 1 saturated heterocycles. The Kier molecular flexibility index (Phi) is 5.97. The van der Waals surface area contributed by atoms with Crippen LogP contribution in [0.2, 0.25) is 0 Å². The van der Waals surface area contributed by atoms with Gasteiger partial charge in [0.1, 0.15) is 6.61 Å². The molecule has 0 radical (unpaired) electrons. The summed E-state index contributed by atoms with van der Waals surface area (Å²) >= 11 is 1.75. The van der Waals surface area contributed by atoms with E-state index in [0.29, 0.717) is 6.54 Å². The minimum atomic E-state index is -0.0526. The number of nitrogens with one attached hydrogen (secondary N) is 1. The van der Waals surface area contributed by atoms with Crippen LogP contribution in [0.1, 0.15) is 10.9 Å². The quantitative estimate of drug-likeness (QED) is 0.843. The predicted molar refractivity (Wildman–Crippen MR) is 81.0 cm³/mol. The SMILES string of the molecule is COCC(=O)NC[C@@H](c1cccs1)N1CCN(C)CC1. The molecule has 1 aliphatic rings. The second-order valence-electron chi connectivity index (χ2n) is 5.11. The van der Waals surface area contributed by atoms with Gasteiger partial charge in [0.15, 0.2) is 0 Å². The van der Waals surface area contributed by atoms with Crippen molar-refractivity contribution in [1.29, 1.82) is 0 Å². The minimum Gasteiger partial charge on any atom is -0.375 e. The molecule has 1 aromatic heterocycles. The van der Waals surface area contributed by atoms with Crippen molar-refractivity contribution in [2.75, 3.05) is 53.5 Å². The van der Waals surface area contributed by atoms with Gasteiger partial charge in [-0.2, -0.15) is 0 Å². The van der Waals surface area contributed by atoms with Gasteiger partial charge >= 0.3 is 0 Å². The molecule has 0 spiro atoms. The first kappa shape index (κ1) is 15.4. The van der Waals surface area contributed by atoms with Gasteiger partial charge in [0.25, 0.3) is 0 Å². The van der Waals surface area contributed by atoms with E-state index in [1.54, 1.807) is 11.3 Å². The molecule has 112 valence electrons. The number of piperazine rings is 1. The predicted octanol–water partition coefficient (Wildman–Crippen LogP) is 0.799. The molecule has 1 N–H and O–H groups in total. The number of nitrogens with zero attached hydrogens (tertiary/aromatic N) is 2. The normalized spacial score (nSPS) is 18.9.